The van der Waals surface area contributed by atoms with E-state index in [1.165, 1.54) is 4.90 Å². The van der Waals surface area contributed by atoms with Crippen LogP contribution in [0.25, 0.3) is 0 Å². The minimum Gasteiger partial charge on any atom is -0.329 e. The molecule has 0 aromatic rings. The lowest BCUT2D eigenvalue weighted by molar-refractivity contribution is -0.155. The van der Waals surface area contributed by atoms with Crippen LogP contribution in [0.5, 0.6) is 0 Å². The number of nitrogens with one attached hydrogen (secondary N) is 1. The average Bonchev–Trinajstić information content (AvgIpc) is 2.82. The molecule has 1 saturated heterocycles. The minimum atomic E-state index is -0.598. The van der Waals surface area contributed by atoms with Crippen molar-refractivity contribution < 1.29 is 14.4 Å². The van der Waals surface area contributed by atoms with Crippen LogP contribution >= 0.6 is 0 Å². The summed E-state index contributed by atoms with van der Waals surface area (Å²) in [5, 5.41) is 2.23. The van der Waals surface area contributed by atoms with Crippen LogP contribution in [0.4, 0.5) is 0 Å². The van der Waals surface area contributed by atoms with Crippen molar-refractivity contribution >= 4 is 17.7 Å². The molecule has 3 amide bonds. The quantitative estimate of drug-likeness (QED) is 0.641. The first kappa shape index (κ1) is 13.0. The first-order valence-corrected chi connectivity index (χ1v) is 6.35. The Labute approximate surface area is 106 Å². The molecule has 1 unspecified atom stereocenters. The van der Waals surface area contributed by atoms with E-state index in [4.69, 9.17) is 5.73 Å². The number of amides is 3. The molecule has 0 aromatic carbocycles. The standard InChI is InChI=1S/C12H19N3O3/c1-8-10(17)14-9(16)6-15(8)11(18)12(7-13)4-2-3-5-12/h8H,2-7,13H2,1H3,(H,14,16,17). The zero-order valence-electron chi connectivity index (χ0n) is 10.6. The minimum absolute atomic E-state index is 0.0481. The van der Waals surface area contributed by atoms with Crippen LogP contribution in [-0.4, -0.2) is 41.8 Å². The molecule has 0 aromatic heterocycles. The number of hydrogen-bond donors (Lipinski definition) is 2. The van der Waals surface area contributed by atoms with Crippen molar-refractivity contribution in [2.24, 2.45) is 11.1 Å². The van der Waals surface area contributed by atoms with E-state index in [9.17, 15) is 14.4 Å². The van der Waals surface area contributed by atoms with Crippen LogP contribution < -0.4 is 11.1 Å². The third kappa shape index (κ3) is 2.01. The number of nitrogens with zero attached hydrogens (tertiary/aromatic N) is 1. The van der Waals surface area contributed by atoms with Crippen LogP contribution in [0, 0.1) is 5.41 Å². The number of rotatable bonds is 2. The highest BCUT2D eigenvalue weighted by atomic mass is 16.2. The van der Waals surface area contributed by atoms with Gasteiger partial charge in [0.1, 0.15) is 12.6 Å². The predicted molar refractivity (Wildman–Crippen MR) is 64.3 cm³/mol. The van der Waals surface area contributed by atoms with E-state index in [0.717, 1.165) is 25.7 Å². The fourth-order valence-electron chi connectivity index (χ4n) is 2.82. The molecule has 6 nitrogen and oxygen atoms in total. The second kappa shape index (κ2) is 4.68. The highest BCUT2D eigenvalue weighted by molar-refractivity contribution is 6.04. The van der Waals surface area contributed by atoms with E-state index >= 15 is 0 Å². The largest absolute Gasteiger partial charge is 0.329 e. The summed E-state index contributed by atoms with van der Waals surface area (Å²) in [5.74, 6) is -0.973. The van der Waals surface area contributed by atoms with E-state index in [1.807, 2.05) is 0 Å². The fourth-order valence-corrected chi connectivity index (χ4v) is 2.82. The van der Waals surface area contributed by atoms with E-state index in [1.54, 1.807) is 6.92 Å². The summed E-state index contributed by atoms with van der Waals surface area (Å²) in [4.78, 5) is 36.9. The van der Waals surface area contributed by atoms with Crippen molar-refractivity contribution in [1.29, 1.82) is 0 Å². The third-order valence-electron chi connectivity index (χ3n) is 4.09. The van der Waals surface area contributed by atoms with Gasteiger partial charge in [0.25, 0.3) is 0 Å². The van der Waals surface area contributed by atoms with Gasteiger partial charge in [-0.05, 0) is 19.8 Å². The maximum Gasteiger partial charge on any atom is 0.249 e. The lowest BCUT2D eigenvalue weighted by Gasteiger charge is -2.38. The van der Waals surface area contributed by atoms with Crippen molar-refractivity contribution in [1.82, 2.24) is 10.2 Å². The molecule has 2 fully saturated rings. The zero-order valence-corrected chi connectivity index (χ0v) is 10.6. The summed E-state index contributed by atoms with van der Waals surface area (Å²) in [5.41, 5.74) is 5.19. The van der Waals surface area contributed by atoms with Crippen LogP contribution in [0.1, 0.15) is 32.6 Å². The van der Waals surface area contributed by atoms with Crippen molar-refractivity contribution in [3.05, 3.63) is 0 Å². The van der Waals surface area contributed by atoms with E-state index in [2.05, 4.69) is 5.32 Å². The Morgan fingerprint density at radius 1 is 1.44 bits per heavy atom. The lowest BCUT2D eigenvalue weighted by Crippen LogP contribution is -2.61. The molecular weight excluding hydrogens is 234 g/mol. The molecule has 0 spiro atoms. The Morgan fingerprint density at radius 2 is 2.06 bits per heavy atom. The highest BCUT2D eigenvalue weighted by Gasteiger charge is 2.46. The fraction of sp³-hybridized carbons (Fsp3) is 0.750. The molecule has 1 aliphatic carbocycles. The number of imide groups is 1. The van der Waals surface area contributed by atoms with Gasteiger partial charge in [-0.2, -0.15) is 0 Å². The van der Waals surface area contributed by atoms with Gasteiger partial charge in [0, 0.05) is 6.54 Å². The molecule has 0 radical (unpaired) electrons. The monoisotopic (exact) mass is 253 g/mol. The third-order valence-corrected chi connectivity index (χ3v) is 4.09. The molecule has 1 aliphatic heterocycles. The van der Waals surface area contributed by atoms with Gasteiger partial charge in [-0.15, -0.1) is 0 Å². The molecule has 100 valence electrons. The van der Waals surface area contributed by atoms with Crippen molar-refractivity contribution in [3.8, 4) is 0 Å². The second-order valence-corrected chi connectivity index (χ2v) is 5.21. The van der Waals surface area contributed by atoms with E-state index < -0.39 is 23.3 Å². The van der Waals surface area contributed by atoms with Gasteiger partial charge in [-0.1, -0.05) is 12.8 Å². The molecule has 6 heteroatoms. The summed E-state index contributed by atoms with van der Waals surface area (Å²) in [7, 11) is 0. The maximum atomic E-state index is 12.6. The van der Waals surface area contributed by atoms with Crippen LogP contribution in [0.15, 0.2) is 0 Å². The Hall–Kier alpha value is -1.43. The summed E-state index contributed by atoms with van der Waals surface area (Å²) < 4.78 is 0. The van der Waals surface area contributed by atoms with Gasteiger partial charge in [0.15, 0.2) is 0 Å². The number of nitrogens with two attached hydrogens (primary N) is 1. The van der Waals surface area contributed by atoms with E-state index in [-0.39, 0.29) is 19.0 Å². The summed E-state index contributed by atoms with van der Waals surface area (Å²) >= 11 is 0. The number of carbonyl (C=O) groups excluding carboxylic acids is 3. The number of carbonyl (C=O) groups is 3. The van der Waals surface area contributed by atoms with Crippen LogP contribution in [-0.2, 0) is 14.4 Å². The molecule has 18 heavy (non-hydrogen) atoms. The number of piperazine rings is 1. The predicted octanol–water partition coefficient (Wildman–Crippen LogP) is -0.621. The molecular formula is C12H19N3O3. The van der Waals surface area contributed by atoms with Crippen molar-refractivity contribution in [2.45, 2.75) is 38.6 Å². The molecule has 2 aliphatic rings. The molecule has 2 rings (SSSR count). The summed E-state index contributed by atoms with van der Waals surface area (Å²) in [6.07, 6.45) is 3.46. The Kier molecular flexibility index (Phi) is 3.38. The molecule has 1 saturated carbocycles. The van der Waals surface area contributed by atoms with Gasteiger partial charge in [0.2, 0.25) is 17.7 Å². The molecule has 1 atom stereocenters. The zero-order chi connectivity index (χ0) is 13.3. The van der Waals surface area contributed by atoms with Crippen LogP contribution in [0.2, 0.25) is 0 Å². The Bertz CT molecular complexity index is 388. The second-order valence-electron chi connectivity index (χ2n) is 5.21. The average molecular weight is 253 g/mol. The summed E-state index contributed by atoms with van der Waals surface area (Å²) in [6.45, 7) is 1.87. The smallest absolute Gasteiger partial charge is 0.249 e. The van der Waals surface area contributed by atoms with E-state index in [0.29, 0.717) is 0 Å². The van der Waals surface area contributed by atoms with Crippen LogP contribution in [0.3, 0.4) is 0 Å². The normalized spacial score (nSPS) is 27.2. The maximum absolute atomic E-state index is 12.6. The van der Waals surface area contributed by atoms with Gasteiger partial charge in [0.05, 0.1) is 5.41 Å². The SMILES string of the molecule is CC1C(=O)NC(=O)CN1C(=O)C1(CN)CCCC1. The van der Waals surface area contributed by atoms with Gasteiger partial charge in [-0.25, -0.2) is 0 Å². The highest BCUT2D eigenvalue weighted by Crippen LogP contribution is 2.39. The molecule has 1 heterocycles. The Balaban J connectivity index is 2.21. The Morgan fingerprint density at radius 3 is 2.61 bits per heavy atom. The van der Waals surface area contributed by atoms with Gasteiger partial charge < -0.3 is 10.6 Å². The molecule has 0 bridgehead atoms. The number of hydrogen-bond acceptors (Lipinski definition) is 4. The molecule has 3 N–H and O–H groups in total. The van der Waals surface area contributed by atoms with Crippen molar-refractivity contribution in [2.75, 3.05) is 13.1 Å². The topological polar surface area (TPSA) is 92.5 Å². The first-order chi connectivity index (χ1) is 8.50. The van der Waals surface area contributed by atoms with Gasteiger partial charge >= 0.3 is 0 Å². The van der Waals surface area contributed by atoms with Gasteiger partial charge in [-0.3, -0.25) is 19.7 Å². The lowest BCUT2D eigenvalue weighted by atomic mass is 9.84. The van der Waals surface area contributed by atoms with Crippen molar-refractivity contribution in [3.63, 3.8) is 0 Å². The summed E-state index contributed by atoms with van der Waals surface area (Å²) in [6, 6.07) is -0.598. The first-order valence-electron chi connectivity index (χ1n) is 6.35.